The van der Waals surface area contributed by atoms with Crippen LogP contribution in [-0.2, 0) is 16.1 Å². The number of likely N-dealkylation sites (tertiary alicyclic amines) is 2. The predicted molar refractivity (Wildman–Crippen MR) is 90.4 cm³/mol. The quantitative estimate of drug-likeness (QED) is 0.803. The first kappa shape index (κ1) is 16.2. The second-order valence-electron chi connectivity index (χ2n) is 7.83. The van der Waals surface area contributed by atoms with Gasteiger partial charge in [-0.3, -0.25) is 9.69 Å². The van der Waals surface area contributed by atoms with Crippen LogP contribution in [0.15, 0.2) is 23.0 Å². The number of carbonyl (C=O) groups is 1. The van der Waals surface area contributed by atoms with Gasteiger partial charge < -0.3 is 14.1 Å². The van der Waals surface area contributed by atoms with E-state index in [1.165, 1.54) is 24.8 Å². The van der Waals surface area contributed by atoms with Gasteiger partial charge >= 0.3 is 0 Å². The monoisotopic (exact) mass is 332 g/mol. The largest absolute Gasteiger partial charge is 0.472 e. The van der Waals surface area contributed by atoms with Gasteiger partial charge in [-0.15, -0.1) is 0 Å². The molecule has 24 heavy (non-hydrogen) atoms. The summed E-state index contributed by atoms with van der Waals surface area (Å²) in [4.78, 5) is 16.6. The third-order valence-corrected chi connectivity index (χ3v) is 6.17. The summed E-state index contributed by atoms with van der Waals surface area (Å²) in [5.41, 5.74) is 1.50. The van der Waals surface area contributed by atoms with E-state index in [1.54, 1.807) is 6.26 Å². The lowest BCUT2D eigenvalue weighted by molar-refractivity contribution is -0.136. The van der Waals surface area contributed by atoms with E-state index in [0.29, 0.717) is 5.92 Å². The Kier molecular flexibility index (Phi) is 4.63. The molecule has 0 bridgehead atoms. The molecule has 3 fully saturated rings. The van der Waals surface area contributed by atoms with Crippen molar-refractivity contribution in [1.82, 2.24) is 9.80 Å². The van der Waals surface area contributed by atoms with Gasteiger partial charge in [0.2, 0.25) is 5.91 Å². The lowest BCUT2D eigenvalue weighted by atomic mass is 9.81. The third-order valence-electron chi connectivity index (χ3n) is 6.17. The summed E-state index contributed by atoms with van der Waals surface area (Å²) in [7, 11) is 0. The molecule has 5 heteroatoms. The molecule has 0 aromatic carbocycles. The molecular formula is C19H28N2O3. The molecule has 1 aliphatic carbocycles. The minimum atomic E-state index is 0.173. The van der Waals surface area contributed by atoms with Crippen molar-refractivity contribution in [3.8, 4) is 0 Å². The highest BCUT2D eigenvalue weighted by Crippen LogP contribution is 2.49. The number of hydrogen-bond acceptors (Lipinski definition) is 4. The maximum atomic E-state index is 12.2. The second kappa shape index (κ2) is 6.89. The van der Waals surface area contributed by atoms with E-state index in [2.05, 4.69) is 4.90 Å². The molecule has 3 heterocycles. The van der Waals surface area contributed by atoms with Crippen molar-refractivity contribution in [3.05, 3.63) is 24.2 Å². The van der Waals surface area contributed by atoms with Crippen molar-refractivity contribution >= 4 is 5.91 Å². The van der Waals surface area contributed by atoms with Gasteiger partial charge in [0.05, 0.1) is 19.1 Å². The van der Waals surface area contributed by atoms with Gasteiger partial charge in [-0.2, -0.15) is 0 Å². The molecule has 0 unspecified atom stereocenters. The van der Waals surface area contributed by atoms with Gasteiger partial charge in [-0.25, -0.2) is 0 Å². The summed E-state index contributed by atoms with van der Waals surface area (Å²) in [6.45, 7) is 6.01. The van der Waals surface area contributed by atoms with Gasteiger partial charge in [0.25, 0.3) is 0 Å². The van der Waals surface area contributed by atoms with E-state index in [1.807, 2.05) is 17.2 Å². The minimum Gasteiger partial charge on any atom is -0.472 e. The highest BCUT2D eigenvalue weighted by molar-refractivity contribution is 5.77. The van der Waals surface area contributed by atoms with Crippen LogP contribution in [0.4, 0.5) is 0 Å². The zero-order valence-corrected chi connectivity index (χ0v) is 14.4. The zero-order chi connectivity index (χ0) is 16.4. The van der Waals surface area contributed by atoms with Crippen LogP contribution in [0, 0.1) is 11.3 Å². The van der Waals surface area contributed by atoms with Gasteiger partial charge in [-0.05, 0) is 37.7 Å². The van der Waals surface area contributed by atoms with Crippen molar-refractivity contribution in [3.63, 3.8) is 0 Å². The summed E-state index contributed by atoms with van der Waals surface area (Å²) < 4.78 is 11.1. The summed E-state index contributed by atoms with van der Waals surface area (Å²) in [6.07, 6.45) is 9.69. The number of nitrogens with zero attached hydrogens (tertiary/aromatic N) is 2. The number of rotatable bonds is 6. The van der Waals surface area contributed by atoms with E-state index >= 15 is 0 Å². The first-order valence-corrected chi connectivity index (χ1v) is 9.34. The van der Waals surface area contributed by atoms with Crippen LogP contribution in [0.5, 0.6) is 0 Å². The van der Waals surface area contributed by atoms with Crippen LogP contribution in [0.2, 0.25) is 0 Å². The Morgan fingerprint density at radius 3 is 3.00 bits per heavy atom. The van der Waals surface area contributed by atoms with E-state index in [-0.39, 0.29) is 17.9 Å². The number of amides is 1. The first-order valence-electron chi connectivity index (χ1n) is 9.34. The molecule has 1 saturated carbocycles. The smallest absolute Gasteiger partial charge is 0.248 e. The van der Waals surface area contributed by atoms with Crippen LogP contribution in [0.1, 0.15) is 37.7 Å². The molecule has 0 spiro atoms. The summed E-state index contributed by atoms with van der Waals surface area (Å²) in [5, 5.41) is 0. The molecule has 2 atom stereocenters. The van der Waals surface area contributed by atoms with Gasteiger partial charge in [0, 0.05) is 43.7 Å². The molecule has 0 N–H and O–H groups in total. The van der Waals surface area contributed by atoms with Crippen LogP contribution in [0.25, 0.3) is 0 Å². The fourth-order valence-corrected chi connectivity index (χ4v) is 4.92. The first-order chi connectivity index (χ1) is 11.8. The van der Waals surface area contributed by atoms with Crippen LogP contribution >= 0.6 is 0 Å². The van der Waals surface area contributed by atoms with Gasteiger partial charge in [0.1, 0.15) is 6.61 Å². The molecule has 1 aromatic heterocycles. The van der Waals surface area contributed by atoms with Crippen LogP contribution < -0.4 is 0 Å². The fourth-order valence-electron chi connectivity index (χ4n) is 4.92. The normalized spacial score (nSPS) is 30.2. The standard InChI is InChI=1S/C19H28N2O3/c22-18(21-7-1-2-8-21)13-24-15-19-6-3-4-17(19)11-20(14-19)10-16-5-9-23-12-16/h5,9,12,17H,1-4,6-8,10-11,13-15H2/t17-,19+/m1/s1. The number of ether oxygens (including phenoxy) is 1. The number of fused-ring (bicyclic) bond motifs is 1. The highest BCUT2D eigenvalue weighted by Gasteiger charge is 2.49. The van der Waals surface area contributed by atoms with E-state index in [4.69, 9.17) is 9.15 Å². The zero-order valence-electron chi connectivity index (χ0n) is 14.4. The summed E-state index contributed by atoms with van der Waals surface area (Å²) >= 11 is 0. The van der Waals surface area contributed by atoms with Crippen LogP contribution in [0.3, 0.4) is 0 Å². The Hall–Kier alpha value is -1.33. The molecule has 4 rings (SSSR count). The van der Waals surface area contributed by atoms with Crippen molar-refractivity contribution in [2.75, 3.05) is 39.4 Å². The maximum absolute atomic E-state index is 12.2. The topological polar surface area (TPSA) is 45.9 Å². The molecular weight excluding hydrogens is 304 g/mol. The SMILES string of the molecule is O=C(COC[C@@]12CCC[C@@H]1CN(Cc1ccoc1)C2)N1CCCC1. The average Bonchev–Trinajstić information content (AvgIpc) is 3.32. The molecule has 1 amide bonds. The second-order valence-corrected chi connectivity index (χ2v) is 7.83. The number of carbonyl (C=O) groups excluding carboxylic acids is 1. The Morgan fingerprint density at radius 1 is 1.33 bits per heavy atom. The Labute approximate surface area is 143 Å². The fraction of sp³-hybridized carbons (Fsp3) is 0.737. The molecule has 2 saturated heterocycles. The lowest BCUT2D eigenvalue weighted by Crippen LogP contribution is -2.36. The van der Waals surface area contributed by atoms with Gasteiger partial charge in [-0.1, -0.05) is 6.42 Å². The molecule has 132 valence electrons. The van der Waals surface area contributed by atoms with Crippen LogP contribution in [-0.4, -0.2) is 55.1 Å². The maximum Gasteiger partial charge on any atom is 0.248 e. The Bertz CT molecular complexity index is 553. The lowest BCUT2D eigenvalue weighted by Gasteiger charge is -2.29. The highest BCUT2D eigenvalue weighted by atomic mass is 16.5. The minimum absolute atomic E-state index is 0.173. The van der Waals surface area contributed by atoms with E-state index < -0.39 is 0 Å². The molecule has 5 nitrogen and oxygen atoms in total. The summed E-state index contributed by atoms with van der Waals surface area (Å²) in [5.74, 6) is 0.887. The molecule has 0 radical (unpaired) electrons. The molecule has 3 aliphatic rings. The molecule has 1 aromatic rings. The van der Waals surface area contributed by atoms with Crippen molar-refractivity contribution in [2.24, 2.45) is 11.3 Å². The summed E-state index contributed by atoms with van der Waals surface area (Å²) in [6, 6.07) is 2.05. The third kappa shape index (κ3) is 3.24. The van der Waals surface area contributed by atoms with Crippen molar-refractivity contribution < 1.29 is 13.9 Å². The van der Waals surface area contributed by atoms with Gasteiger partial charge in [0.15, 0.2) is 0 Å². The number of furan rings is 1. The Balaban J connectivity index is 1.30. The van der Waals surface area contributed by atoms with E-state index in [0.717, 1.165) is 52.2 Å². The van der Waals surface area contributed by atoms with E-state index in [9.17, 15) is 4.79 Å². The molecule has 2 aliphatic heterocycles. The van der Waals surface area contributed by atoms with Crippen molar-refractivity contribution in [1.29, 1.82) is 0 Å². The average molecular weight is 332 g/mol. The van der Waals surface area contributed by atoms with Crippen molar-refractivity contribution in [2.45, 2.75) is 38.6 Å². The Morgan fingerprint density at radius 2 is 2.21 bits per heavy atom. The predicted octanol–water partition coefficient (Wildman–Crippen LogP) is 2.52. The number of hydrogen-bond donors (Lipinski definition) is 0.